The van der Waals surface area contributed by atoms with Crippen molar-refractivity contribution in [3.63, 3.8) is 0 Å². The van der Waals surface area contributed by atoms with Crippen LogP contribution in [0.2, 0.25) is 0 Å². The van der Waals surface area contributed by atoms with E-state index in [-0.39, 0.29) is 29.4 Å². The molecule has 0 bridgehead atoms. The Labute approximate surface area is 202 Å². The zero-order chi connectivity index (χ0) is 25.2. The molecule has 4 heterocycles. The number of halogens is 3. The smallest absolute Gasteiger partial charge is 0.381 e. The van der Waals surface area contributed by atoms with Gasteiger partial charge in [-0.2, -0.15) is 13.2 Å². The number of H-pyrrole nitrogens is 1. The molecule has 36 heavy (non-hydrogen) atoms. The number of fused-ring (bicyclic) bond motifs is 4. The van der Waals surface area contributed by atoms with Crippen LogP contribution in [0, 0.1) is 6.92 Å². The number of anilines is 1. The summed E-state index contributed by atoms with van der Waals surface area (Å²) in [6.45, 7) is 3.19. The van der Waals surface area contributed by atoms with Gasteiger partial charge in [-0.05, 0) is 61.6 Å². The van der Waals surface area contributed by atoms with Crippen LogP contribution in [0.3, 0.4) is 0 Å². The van der Waals surface area contributed by atoms with Crippen LogP contribution < -0.4 is 10.5 Å². The first-order valence-corrected chi connectivity index (χ1v) is 11.7. The summed E-state index contributed by atoms with van der Waals surface area (Å²) in [5, 5.41) is 8.41. The first-order valence-electron chi connectivity index (χ1n) is 11.7. The number of hydrogen-bond acceptors (Lipinski definition) is 5. The van der Waals surface area contributed by atoms with Crippen LogP contribution in [0.15, 0.2) is 35.1 Å². The average Bonchev–Trinajstić information content (AvgIpc) is 3.48. The predicted molar refractivity (Wildman–Crippen MR) is 125 cm³/mol. The second kappa shape index (κ2) is 8.16. The van der Waals surface area contributed by atoms with Crippen LogP contribution in [0.4, 0.5) is 18.9 Å². The molecule has 1 amide bonds. The summed E-state index contributed by atoms with van der Waals surface area (Å²) < 4.78 is 47.1. The number of alkyl halides is 3. The quantitative estimate of drug-likeness (QED) is 0.452. The van der Waals surface area contributed by atoms with E-state index in [9.17, 15) is 22.8 Å². The first-order chi connectivity index (χ1) is 17.2. The van der Waals surface area contributed by atoms with Crippen molar-refractivity contribution in [2.24, 2.45) is 0 Å². The molecule has 186 valence electrons. The molecular formula is C25H22F3N5O3. The Balaban J connectivity index is 1.49. The van der Waals surface area contributed by atoms with E-state index in [1.165, 1.54) is 11.0 Å². The van der Waals surface area contributed by atoms with Crippen molar-refractivity contribution in [3.05, 3.63) is 68.8 Å². The fourth-order valence-corrected chi connectivity index (χ4v) is 5.20. The normalized spacial score (nSPS) is 16.7. The maximum Gasteiger partial charge on any atom is 0.416 e. The Morgan fingerprint density at radius 1 is 1.14 bits per heavy atom. The Morgan fingerprint density at radius 3 is 2.67 bits per heavy atom. The summed E-state index contributed by atoms with van der Waals surface area (Å²) >= 11 is 0. The lowest BCUT2D eigenvalue weighted by molar-refractivity contribution is -0.137. The summed E-state index contributed by atoms with van der Waals surface area (Å²) in [6, 6.07) is 6.90. The van der Waals surface area contributed by atoms with E-state index in [2.05, 4.69) is 15.2 Å². The third-order valence-corrected chi connectivity index (χ3v) is 7.09. The van der Waals surface area contributed by atoms with Crippen molar-refractivity contribution in [2.75, 3.05) is 24.7 Å². The predicted octanol–water partition coefficient (Wildman–Crippen LogP) is 3.99. The minimum atomic E-state index is -4.50. The maximum atomic E-state index is 13.7. The first kappa shape index (κ1) is 22.7. The highest BCUT2D eigenvalue weighted by atomic mass is 19.4. The highest BCUT2D eigenvalue weighted by molar-refractivity contribution is 6.09. The van der Waals surface area contributed by atoms with Gasteiger partial charge in [-0.25, -0.2) is 0 Å². The number of carbonyl (C=O) groups excluding carboxylic acids is 1. The summed E-state index contributed by atoms with van der Waals surface area (Å²) in [5.41, 5.74) is 1.95. The Bertz CT molecular complexity index is 1580. The lowest BCUT2D eigenvalue weighted by Crippen LogP contribution is -2.30. The van der Waals surface area contributed by atoms with Gasteiger partial charge in [0.05, 0.1) is 16.6 Å². The van der Waals surface area contributed by atoms with Crippen LogP contribution >= 0.6 is 0 Å². The molecular weight excluding hydrogens is 475 g/mol. The zero-order valence-corrected chi connectivity index (χ0v) is 19.4. The fraction of sp³-hybridized carbons (Fsp3) is 0.360. The number of hydrogen-bond donors (Lipinski definition) is 1. The second-order valence-corrected chi connectivity index (χ2v) is 9.29. The van der Waals surface area contributed by atoms with E-state index in [1.54, 1.807) is 23.5 Å². The molecule has 2 aliphatic rings. The van der Waals surface area contributed by atoms with E-state index in [4.69, 9.17) is 4.74 Å². The van der Waals surface area contributed by atoms with E-state index >= 15 is 0 Å². The van der Waals surface area contributed by atoms with Gasteiger partial charge in [0.2, 0.25) is 5.65 Å². The van der Waals surface area contributed by atoms with Crippen LogP contribution in [0.25, 0.3) is 16.7 Å². The molecule has 6 rings (SSSR count). The van der Waals surface area contributed by atoms with Gasteiger partial charge in [-0.1, -0.05) is 6.07 Å². The number of aromatic nitrogens is 4. The molecule has 0 aliphatic carbocycles. The average molecular weight is 497 g/mol. The number of rotatable bonds is 2. The number of amides is 1. The minimum absolute atomic E-state index is 0.0467. The number of ether oxygens (including phenoxy) is 1. The van der Waals surface area contributed by atoms with Crippen LogP contribution in [0.1, 0.15) is 51.6 Å². The molecule has 1 saturated heterocycles. The standard InChI is InChI=1S/C25H22F3N5O3/c1-13-10-18-20(33-21(15-5-8-36-9-6-15)30-31-22(33)23(34)29-18)12-17(13)24(35)32-7-4-14-2-3-16(11-19(14)32)25(26,27)28/h2-3,10-12,15H,4-9H2,1H3,(H,29,34). The topological polar surface area (TPSA) is 92.6 Å². The SMILES string of the molecule is Cc1cc2[nH]c(=O)c3nnc(C4CCOCC4)n3c2cc1C(=O)N1CCc2ccc(C(F)(F)F)cc21. The monoisotopic (exact) mass is 497 g/mol. The summed E-state index contributed by atoms with van der Waals surface area (Å²) in [5.74, 6) is 0.283. The van der Waals surface area contributed by atoms with Gasteiger partial charge >= 0.3 is 6.18 Å². The van der Waals surface area contributed by atoms with Gasteiger partial charge in [-0.3, -0.25) is 14.0 Å². The maximum absolute atomic E-state index is 13.7. The second-order valence-electron chi connectivity index (χ2n) is 9.29. The van der Waals surface area contributed by atoms with Crippen molar-refractivity contribution >= 4 is 28.3 Å². The molecule has 0 unspecified atom stereocenters. The Kier molecular flexibility index (Phi) is 5.15. The highest BCUT2D eigenvalue weighted by Crippen LogP contribution is 2.37. The Morgan fingerprint density at radius 2 is 1.92 bits per heavy atom. The number of benzene rings is 2. The van der Waals surface area contributed by atoms with Gasteiger partial charge in [0.25, 0.3) is 11.5 Å². The van der Waals surface area contributed by atoms with Gasteiger partial charge in [0.1, 0.15) is 5.82 Å². The van der Waals surface area contributed by atoms with E-state index in [0.717, 1.165) is 25.0 Å². The minimum Gasteiger partial charge on any atom is -0.381 e. The molecule has 0 radical (unpaired) electrons. The number of nitrogens with one attached hydrogen (secondary N) is 1. The summed E-state index contributed by atoms with van der Waals surface area (Å²) in [4.78, 5) is 30.6. The molecule has 0 atom stereocenters. The van der Waals surface area contributed by atoms with Crippen molar-refractivity contribution in [1.29, 1.82) is 0 Å². The third-order valence-electron chi connectivity index (χ3n) is 7.09. The van der Waals surface area contributed by atoms with E-state index in [1.807, 2.05) is 0 Å². The van der Waals surface area contributed by atoms with Crippen molar-refractivity contribution in [1.82, 2.24) is 19.6 Å². The van der Waals surface area contributed by atoms with Crippen LogP contribution in [-0.4, -0.2) is 45.2 Å². The molecule has 0 saturated carbocycles. The molecule has 4 aromatic rings. The largest absolute Gasteiger partial charge is 0.416 e. The van der Waals surface area contributed by atoms with Gasteiger partial charge in [-0.15, -0.1) is 10.2 Å². The molecule has 2 aliphatic heterocycles. The van der Waals surface area contributed by atoms with Crippen molar-refractivity contribution < 1.29 is 22.7 Å². The fourth-order valence-electron chi connectivity index (χ4n) is 5.20. The lowest BCUT2D eigenvalue weighted by Gasteiger charge is -2.22. The molecule has 8 nitrogen and oxygen atoms in total. The highest BCUT2D eigenvalue weighted by Gasteiger charge is 2.34. The summed E-state index contributed by atoms with van der Waals surface area (Å²) in [7, 11) is 0. The molecule has 1 fully saturated rings. The molecule has 2 aromatic heterocycles. The van der Waals surface area contributed by atoms with Gasteiger partial charge in [0, 0.05) is 36.9 Å². The van der Waals surface area contributed by atoms with E-state index in [0.29, 0.717) is 53.2 Å². The van der Waals surface area contributed by atoms with Crippen molar-refractivity contribution in [3.8, 4) is 0 Å². The summed E-state index contributed by atoms with van der Waals surface area (Å²) in [6.07, 6.45) is -2.56. The molecule has 2 aromatic carbocycles. The zero-order valence-electron chi connectivity index (χ0n) is 19.4. The van der Waals surface area contributed by atoms with Crippen LogP contribution in [-0.2, 0) is 17.3 Å². The number of nitrogens with zero attached hydrogens (tertiary/aromatic N) is 4. The number of carbonyl (C=O) groups is 1. The van der Waals surface area contributed by atoms with Gasteiger partial charge in [0.15, 0.2) is 0 Å². The Hall–Kier alpha value is -3.73. The van der Waals surface area contributed by atoms with E-state index < -0.39 is 17.6 Å². The molecule has 1 N–H and O–H groups in total. The lowest BCUT2D eigenvalue weighted by atomic mass is 9.99. The van der Waals surface area contributed by atoms with Crippen LogP contribution in [0.5, 0.6) is 0 Å². The molecule has 0 spiro atoms. The molecule has 11 heteroatoms. The number of aryl methyl sites for hydroxylation is 1. The van der Waals surface area contributed by atoms with Gasteiger partial charge < -0.3 is 14.6 Å². The van der Waals surface area contributed by atoms with Crippen molar-refractivity contribution in [2.45, 2.75) is 38.3 Å². The number of aromatic amines is 1. The third kappa shape index (κ3) is 3.57.